The lowest BCUT2D eigenvalue weighted by molar-refractivity contribution is -0.113. The van der Waals surface area contributed by atoms with E-state index >= 15 is 0 Å². The van der Waals surface area contributed by atoms with E-state index in [1.807, 2.05) is 20.8 Å². The molecule has 0 radical (unpaired) electrons. The van der Waals surface area contributed by atoms with Crippen LogP contribution in [0.25, 0.3) is 0 Å². The second-order valence-corrected chi connectivity index (χ2v) is 6.92. The largest absolute Gasteiger partial charge is 0.338 e. The summed E-state index contributed by atoms with van der Waals surface area (Å²) in [6.07, 6.45) is 1.86. The SMILES string of the molecule is CCCc1nc(SCC(=O)Nc2cc(C(C)(C)C)no2)n[nH]1. The lowest BCUT2D eigenvalue weighted by Crippen LogP contribution is -2.14. The number of aromatic nitrogens is 4. The molecule has 0 unspecified atom stereocenters. The molecule has 8 heteroatoms. The van der Waals surface area contributed by atoms with Crippen molar-refractivity contribution in [1.29, 1.82) is 0 Å². The normalized spacial score (nSPS) is 11.6. The summed E-state index contributed by atoms with van der Waals surface area (Å²) in [5, 5.41) is 14.1. The summed E-state index contributed by atoms with van der Waals surface area (Å²) < 4.78 is 5.12. The van der Waals surface area contributed by atoms with Crippen molar-refractivity contribution in [3.8, 4) is 0 Å². The van der Waals surface area contributed by atoms with E-state index in [9.17, 15) is 4.79 Å². The number of carbonyl (C=O) groups excluding carboxylic acids is 1. The van der Waals surface area contributed by atoms with Gasteiger partial charge in [-0.25, -0.2) is 4.98 Å². The number of aromatic amines is 1. The van der Waals surface area contributed by atoms with E-state index in [-0.39, 0.29) is 17.1 Å². The minimum Gasteiger partial charge on any atom is -0.338 e. The number of rotatable bonds is 6. The van der Waals surface area contributed by atoms with Gasteiger partial charge in [-0.2, -0.15) is 0 Å². The van der Waals surface area contributed by atoms with Crippen molar-refractivity contribution in [2.75, 3.05) is 11.1 Å². The summed E-state index contributed by atoms with van der Waals surface area (Å²) >= 11 is 1.28. The fourth-order valence-corrected chi connectivity index (χ4v) is 2.30. The van der Waals surface area contributed by atoms with Crippen LogP contribution in [0.2, 0.25) is 0 Å². The van der Waals surface area contributed by atoms with E-state index in [1.165, 1.54) is 11.8 Å². The molecule has 0 aliphatic heterocycles. The highest BCUT2D eigenvalue weighted by Crippen LogP contribution is 2.23. The molecule has 0 saturated carbocycles. The van der Waals surface area contributed by atoms with Crippen molar-refractivity contribution in [2.24, 2.45) is 0 Å². The van der Waals surface area contributed by atoms with Crippen molar-refractivity contribution in [2.45, 2.75) is 51.1 Å². The predicted octanol–water partition coefficient (Wildman–Crippen LogP) is 2.77. The molecule has 2 heterocycles. The van der Waals surface area contributed by atoms with Gasteiger partial charge in [0.25, 0.3) is 0 Å². The summed E-state index contributed by atoms with van der Waals surface area (Å²) in [7, 11) is 0. The Morgan fingerprint density at radius 1 is 1.45 bits per heavy atom. The maximum absolute atomic E-state index is 11.9. The van der Waals surface area contributed by atoms with E-state index in [4.69, 9.17) is 4.52 Å². The molecule has 0 aliphatic rings. The quantitative estimate of drug-likeness (QED) is 0.793. The highest BCUT2D eigenvalue weighted by Gasteiger charge is 2.19. The number of hydrogen-bond acceptors (Lipinski definition) is 6. The van der Waals surface area contributed by atoms with Crippen LogP contribution in [-0.2, 0) is 16.6 Å². The third-order valence-electron chi connectivity index (χ3n) is 2.87. The van der Waals surface area contributed by atoms with Crippen molar-refractivity contribution in [3.63, 3.8) is 0 Å². The number of nitrogens with one attached hydrogen (secondary N) is 2. The van der Waals surface area contributed by atoms with E-state index in [1.54, 1.807) is 6.07 Å². The zero-order valence-corrected chi connectivity index (χ0v) is 14.1. The maximum atomic E-state index is 11.9. The molecule has 120 valence electrons. The maximum Gasteiger partial charge on any atom is 0.237 e. The number of thioether (sulfide) groups is 1. The fourth-order valence-electron chi connectivity index (χ4n) is 1.68. The third kappa shape index (κ3) is 4.59. The smallest absolute Gasteiger partial charge is 0.237 e. The number of aryl methyl sites for hydroxylation is 1. The van der Waals surface area contributed by atoms with Gasteiger partial charge >= 0.3 is 0 Å². The average Bonchev–Trinajstić information content (AvgIpc) is 3.05. The zero-order valence-electron chi connectivity index (χ0n) is 13.3. The van der Waals surface area contributed by atoms with E-state index in [0.29, 0.717) is 11.0 Å². The van der Waals surface area contributed by atoms with Gasteiger partial charge in [0, 0.05) is 17.9 Å². The number of H-pyrrole nitrogens is 1. The number of anilines is 1. The van der Waals surface area contributed by atoms with E-state index in [0.717, 1.165) is 24.4 Å². The highest BCUT2D eigenvalue weighted by molar-refractivity contribution is 7.99. The first-order valence-corrected chi connectivity index (χ1v) is 8.18. The van der Waals surface area contributed by atoms with Gasteiger partial charge in [-0.05, 0) is 6.42 Å². The van der Waals surface area contributed by atoms with Gasteiger partial charge in [-0.3, -0.25) is 15.2 Å². The minimum absolute atomic E-state index is 0.115. The van der Waals surface area contributed by atoms with Crippen LogP contribution in [0.4, 0.5) is 5.88 Å². The van der Waals surface area contributed by atoms with Crippen LogP contribution in [-0.4, -0.2) is 32.0 Å². The molecule has 0 spiro atoms. The Kier molecular flexibility index (Phi) is 5.23. The molecule has 0 aromatic carbocycles. The topological polar surface area (TPSA) is 96.7 Å². The number of amides is 1. The molecule has 1 amide bonds. The van der Waals surface area contributed by atoms with Crippen LogP contribution in [0, 0.1) is 0 Å². The number of carbonyl (C=O) groups is 1. The van der Waals surface area contributed by atoms with Gasteiger partial charge in [-0.15, -0.1) is 5.10 Å². The first kappa shape index (κ1) is 16.5. The summed E-state index contributed by atoms with van der Waals surface area (Å²) in [5.74, 6) is 1.24. The molecule has 0 aliphatic carbocycles. The minimum atomic E-state index is -0.177. The third-order valence-corrected chi connectivity index (χ3v) is 3.72. The molecular formula is C14H21N5O2S. The summed E-state index contributed by atoms with van der Waals surface area (Å²) in [6.45, 7) is 8.17. The Hall–Kier alpha value is -1.83. The fraction of sp³-hybridized carbons (Fsp3) is 0.571. The number of hydrogen-bond donors (Lipinski definition) is 2. The molecule has 2 N–H and O–H groups in total. The van der Waals surface area contributed by atoms with Crippen molar-refractivity contribution >= 4 is 23.6 Å². The van der Waals surface area contributed by atoms with Gasteiger partial charge < -0.3 is 4.52 Å². The molecule has 0 saturated heterocycles. The Balaban J connectivity index is 1.83. The van der Waals surface area contributed by atoms with Gasteiger partial charge in [0.2, 0.25) is 16.9 Å². The van der Waals surface area contributed by atoms with Gasteiger partial charge in [-0.1, -0.05) is 44.6 Å². The molecule has 2 rings (SSSR count). The molecule has 0 fully saturated rings. The standard InChI is InChI=1S/C14H21N5O2S/c1-5-6-10-15-13(18-17-10)22-8-11(20)16-12-7-9(19-21-12)14(2,3)4/h7H,5-6,8H2,1-4H3,(H,16,20)(H,15,17,18). The molecule has 2 aromatic rings. The lowest BCUT2D eigenvalue weighted by Gasteiger charge is -2.12. The molecule has 2 aromatic heterocycles. The van der Waals surface area contributed by atoms with Crippen LogP contribution >= 0.6 is 11.8 Å². The van der Waals surface area contributed by atoms with Crippen LogP contribution in [0.5, 0.6) is 0 Å². The van der Waals surface area contributed by atoms with Gasteiger partial charge in [0.15, 0.2) is 0 Å². The van der Waals surface area contributed by atoms with Gasteiger partial charge in [0.05, 0.1) is 11.4 Å². The Morgan fingerprint density at radius 3 is 2.86 bits per heavy atom. The lowest BCUT2D eigenvalue weighted by atomic mass is 9.92. The highest BCUT2D eigenvalue weighted by atomic mass is 32.2. The number of nitrogens with zero attached hydrogens (tertiary/aromatic N) is 3. The van der Waals surface area contributed by atoms with Crippen molar-refractivity contribution in [1.82, 2.24) is 20.3 Å². The van der Waals surface area contributed by atoms with E-state index in [2.05, 4.69) is 32.6 Å². The second kappa shape index (κ2) is 6.95. The summed E-state index contributed by atoms with van der Waals surface area (Å²) in [5.41, 5.74) is 0.684. The Bertz CT molecular complexity index is 629. The molecule has 7 nitrogen and oxygen atoms in total. The monoisotopic (exact) mass is 323 g/mol. The second-order valence-electron chi connectivity index (χ2n) is 5.98. The molecule has 0 atom stereocenters. The Labute approximate surface area is 133 Å². The van der Waals surface area contributed by atoms with Crippen LogP contribution in [0.1, 0.15) is 45.6 Å². The van der Waals surface area contributed by atoms with Gasteiger partial charge in [0.1, 0.15) is 5.82 Å². The molecule has 0 bridgehead atoms. The zero-order chi connectivity index (χ0) is 16.2. The van der Waals surface area contributed by atoms with E-state index < -0.39 is 0 Å². The Morgan fingerprint density at radius 2 is 2.23 bits per heavy atom. The first-order chi connectivity index (χ1) is 10.4. The molecule has 22 heavy (non-hydrogen) atoms. The average molecular weight is 323 g/mol. The van der Waals surface area contributed by atoms with Crippen LogP contribution in [0.3, 0.4) is 0 Å². The van der Waals surface area contributed by atoms with Crippen LogP contribution in [0.15, 0.2) is 15.7 Å². The molecular weight excluding hydrogens is 302 g/mol. The summed E-state index contributed by atoms with van der Waals surface area (Å²) in [4.78, 5) is 16.2. The summed E-state index contributed by atoms with van der Waals surface area (Å²) in [6, 6.07) is 1.74. The first-order valence-electron chi connectivity index (χ1n) is 7.19. The predicted molar refractivity (Wildman–Crippen MR) is 84.9 cm³/mol. The van der Waals surface area contributed by atoms with Crippen molar-refractivity contribution < 1.29 is 9.32 Å². The van der Waals surface area contributed by atoms with Crippen molar-refractivity contribution in [3.05, 3.63) is 17.6 Å². The van der Waals surface area contributed by atoms with Crippen LogP contribution < -0.4 is 5.32 Å².